The minimum atomic E-state index is -0.176. The molecule has 0 aromatic carbocycles. The van der Waals surface area contributed by atoms with Gasteiger partial charge in [0.1, 0.15) is 0 Å². The number of hydrogen-bond donors (Lipinski definition) is 1. The van der Waals surface area contributed by atoms with Gasteiger partial charge >= 0.3 is 0 Å². The number of nitrogens with one attached hydrogen (secondary N) is 1. The van der Waals surface area contributed by atoms with Gasteiger partial charge < -0.3 is 5.32 Å². The van der Waals surface area contributed by atoms with Gasteiger partial charge in [0.2, 0.25) is 0 Å². The van der Waals surface area contributed by atoms with Gasteiger partial charge in [0.15, 0.2) is 0 Å². The summed E-state index contributed by atoms with van der Waals surface area (Å²) < 4.78 is 2.55. The van der Waals surface area contributed by atoms with E-state index in [1.165, 1.54) is 6.20 Å². The fourth-order valence-corrected chi connectivity index (χ4v) is 2.57. The highest BCUT2D eigenvalue weighted by Crippen LogP contribution is 2.18. The Labute approximate surface area is 141 Å². The van der Waals surface area contributed by atoms with Crippen LogP contribution in [0.25, 0.3) is 11.3 Å². The Bertz CT molecular complexity index is 846. The molecule has 0 aliphatic carbocycles. The maximum atomic E-state index is 12.1. The van der Waals surface area contributed by atoms with E-state index in [-0.39, 0.29) is 5.91 Å². The average Bonchev–Trinajstić information content (AvgIpc) is 2.99. The number of pyridine rings is 2. The fraction of sp³-hybridized carbons (Fsp3) is 0.125. The van der Waals surface area contributed by atoms with Gasteiger partial charge in [0, 0.05) is 54.6 Å². The van der Waals surface area contributed by atoms with Crippen LogP contribution in [0.4, 0.5) is 0 Å². The smallest absolute Gasteiger partial charge is 0.253 e. The third-order valence-electron chi connectivity index (χ3n) is 3.33. The van der Waals surface area contributed by atoms with Gasteiger partial charge in [0.25, 0.3) is 5.91 Å². The van der Waals surface area contributed by atoms with Crippen molar-refractivity contribution in [1.82, 2.24) is 25.1 Å². The molecule has 0 radical (unpaired) electrons. The molecule has 0 fully saturated rings. The molecule has 3 heterocycles. The fourth-order valence-electron chi connectivity index (χ4n) is 2.20. The van der Waals surface area contributed by atoms with Crippen LogP contribution in [0.15, 0.2) is 53.7 Å². The van der Waals surface area contributed by atoms with Gasteiger partial charge in [-0.25, -0.2) is 0 Å². The Morgan fingerprint density at radius 1 is 1.22 bits per heavy atom. The number of amides is 1. The molecule has 0 unspecified atom stereocenters. The summed E-state index contributed by atoms with van der Waals surface area (Å²) in [4.78, 5) is 20.4. The predicted molar refractivity (Wildman–Crippen MR) is 89.5 cm³/mol. The Balaban J connectivity index is 1.72. The largest absolute Gasteiger partial charge is 0.348 e. The summed E-state index contributed by atoms with van der Waals surface area (Å²) in [5.41, 5.74) is 3.36. The van der Waals surface area contributed by atoms with Crippen LogP contribution >= 0.6 is 15.9 Å². The molecule has 0 aliphatic rings. The van der Waals surface area contributed by atoms with Gasteiger partial charge in [-0.05, 0) is 39.7 Å². The lowest BCUT2D eigenvalue weighted by atomic mass is 10.1. The number of hydrogen-bond acceptors (Lipinski definition) is 4. The van der Waals surface area contributed by atoms with Crippen LogP contribution in [0.5, 0.6) is 0 Å². The summed E-state index contributed by atoms with van der Waals surface area (Å²) in [7, 11) is 1.88. The maximum absolute atomic E-state index is 12.1. The lowest BCUT2D eigenvalue weighted by molar-refractivity contribution is 0.0950. The van der Waals surface area contributed by atoms with E-state index in [0.29, 0.717) is 12.1 Å². The maximum Gasteiger partial charge on any atom is 0.253 e. The number of rotatable bonds is 4. The standard InChI is InChI=1S/C16H14BrN5O/c1-22-15(2-3-21-22)12-4-11(6-18-8-12)7-20-16(23)13-5-14(17)10-19-9-13/h2-6,8-10H,7H2,1H3,(H,20,23). The van der Waals surface area contributed by atoms with E-state index < -0.39 is 0 Å². The number of nitrogens with zero attached hydrogens (tertiary/aromatic N) is 4. The number of halogens is 1. The second-order valence-electron chi connectivity index (χ2n) is 5.00. The second kappa shape index (κ2) is 6.70. The van der Waals surface area contributed by atoms with Crippen LogP contribution in [0, 0.1) is 0 Å². The Kier molecular flexibility index (Phi) is 4.47. The predicted octanol–water partition coefficient (Wildman–Crippen LogP) is 2.57. The molecular formula is C16H14BrN5O. The summed E-state index contributed by atoms with van der Waals surface area (Å²) in [5, 5.41) is 7.02. The zero-order valence-electron chi connectivity index (χ0n) is 12.4. The van der Waals surface area contributed by atoms with E-state index in [9.17, 15) is 4.79 Å². The van der Waals surface area contributed by atoms with Crippen LogP contribution in [0.2, 0.25) is 0 Å². The minimum Gasteiger partial charge on any atom is -0.348 e. The molecule has 3 aromatic heterocycles. The van der Waals surface area contributed by atoms with Gasteiger partial charge in [-0.3, -0.25) is 19.4 Å². The molecule has 0 bridgehead atoms. The van der Waals surface area contributed by atoms with E-state index in [1.54, 1.807) is 35.5 Å². The zero-order valence-corrected chi connectivity index (χ0v) is 14.0. The molecule has 0 aliphatic heterocycles. The van der Waals surface area contributed by atoms with Crippen molar-refractivity contribution in [2.45, 2.75) is 6.54 Å². The molecular weight excluding hydrogens is 358 g/mol. The first-order chi connectivity index (χ1) is 11.1. The van der Waals surface area contributed by atoms with Crippen molar-refractivity contribution in [1.29, 1.82) is 0 Å². The summed E-state index contributed by atoms with van der Waals surface area (Å²) in [6.07, 6.45) is 8.42. The van der Waals surface area contributed by atoms with Crippen LogP contribution < -0.4 is 5.32 Å². The molecule has 23 heavy (non-hydrogen) atoms. The molecule has 7 heteroatoms. The lowest BCUT2D eigenvalue weighted by Crippen LogP contribution is -2.23. The topological polar surface area (TPSA) is 72.7 Å². The number of carbonyl (C=O) groups is 1. The third kappa shape index (κ3) is 3.62. The average molecular weight is 372 g/mol. The molecule has 0 saturated heterocycles. The van der Waals surface area contributed by atoms with Gasteiger partial charge in [-0.1, -0.05) is 0 Å². The van der Waals surface area contributed by atoms with E-state index in [2.05, 4.69) is 36.3 Å². The number of aromatic nitrogens is 4. The van der Waals surface area contributed by atoms with Gasteiger partial charge in [0.05, 0.1) is 11.3 Å². The quantitative estimate of drug-likeness (QED) is 0.764. The highest BCUT2D eigenvalue weighted by atomic mass is 79.9. The molecule has 116 valence electrons. The summed E-state index contributed by atoms with van der Waals surface area (Å²) in [5.74, 6) is -0.176. The normalized spacial score (nSPS) is 10.5. The van der Waals surface area contributed by atoms with Crippen molar-refractivity contribution in [3.8, 4) is 11.3 Å². The summed E-state index contributed by atoms with van der Waals surface area (Å²) in [6, 6.07) is 5.64. The van der Waals surface area contributed by atoms with Gasteiger partial charge in [-0.15, -0.1) is 0 Å². The van der Waals surface area contributed by atoms with Crippen molar-refractivity contribution in [2.24, 2.45) is 7.05 Å². The van der Waals surface area contributed by atoms with E-state index in [4.69, 9.17) is 0 Å². The Morgan fingerprint density at radius 3 is 2.78 bits per heavy atom. The summed E-state index contributed by atoms with van der Waals surface area (Å²) >= 11 is 3.30. The molecule has 0 atom stereocenters. The van der Waals surface area contributed by atoms with Crippen molar-refractivity contribution >= 4 is 21.8 Å². The molecule has 6 nitrogen and oxygen atoms in total. The van der Waals surface area contributed by atoms with E-state index in [1.807, 2.05) is 19.2 Å². The first-order valence-corrected chi connectivity index (χ1v) is 7.74. The highest BCUT2D eigenvalue weighted by molar-refractivity contribution is 9.10. The Hall–Kier alpha value is -2.54. The molecule has 1 amide bonds. The van der Waals surface area contributed by atoms with Crippen molar-refractivity contribution in [3.05, 3.63) is 64.8 Å². The summed E-state index contributed by atoms with van der Waals surface area (Å²) in [6.45, 7) is 0.393. The second-order valence-corrected chi connectivity index (χ2v) is 5.91. The monoisotopic (exact) mass is 371 g/mol. The van der Waals surface area contributed by atoms with E-state index in [0.717, 1.165) is 21.3 Å². The zero-order chi connectivity index (χ0) is 16.2. The van der Waals surface area contributed by atoms with Crippen molar-refractivity contribution in [3.63, 3.8) is 0 Å². The molecule has 3 aromatic rings. The Morgan fingerprint density at radius 2 is 2.04 bits per heavy atom. The van der Waals surface area contributed by atoms with Gasteiger partial charge in [-0.2, -0.15) is 5.10 Å². The highest BCUT2D eigenvalue weighted by Gasteiger charge is 2.08. The molecule has 1 N–H and O–H groups in total. The van der Waals surface area contributed by atoms with E-state index >= 15 is 0 Å². The van der Waals surface area contributed by atoms with Crippen LogP contribution in [-0.4, -0.2) is 25.7 Å². The number of carbonyl (C=O) groups excluding carboxylic acids is 1. The minimum absolute atomic E-state index is 0.176. The number of aryl methyl sites for hydroxylation is 1. The van der Waals surface area contributed by atoms with Crippen LogP contribution in [0.3, 0.4) is 0 Å². The lowest BCUT2D eigenvalue weighted by Gasteiger charge is -2.07. The SMILES string of the molecule is Cn1nccc1-c1cncc(CNC(=O)c2cncc(Br)c2)c1. The first kappa shape index (κ1) is 15.4. The third-order valence-corrected chi connectivity index (χ3v) is 3.77. The van der Waals surface area contributed by atoms with Crippen molar-refractivity contribution in [2.75, 3.05) is 0 Å². The van der Waals surface area contributed by atoms with Crippen LogP contribution in [-0.2, 0) is 13.6 Å². The first-order valence-electron chi connectivity index (χ1n) is 6.94. The van der Waals surface area contributed by atoms with Crippen molar-refractivity contribution < 1.29 is 4.79 Å². The molecule has 3 rings (SSSR count). The van der Waals surface area contributed by atoms with Crippen LogP contribution in [0.1, 0.15) is 15.9 Å². The molecule has 0 spiro atoms. The molecule has 0 saturated carbocycles.